The van der Waals surface area contributed by atoms with E-state index in [0.29, 0.717) is 5.69 Å². The predicted molar refractivity (Wildman–Crippen MR) is 34.9 cm³/mol. The Hall–Kier alpha value is -1.46. The molecule has 0 amide bonds. The SMILES string of the molecule is Cc1cc(C(F)(F)C(=O)O)n[nH]1. The largest absolute Gasteiger partial charge is 0.476 e. The van der Waals surface area contributed by atoms with Crippen LogP contribution >= 0.6 is 0 Å². The Morgan fingerprint density at radius 3 is 2.67 bits per heavy atom. The molecule has 6 heteroatoms. The summed E-state index contributed by atoms with van der Waals surface area (Å²) in [6.07, 6.45) is 0. The molecule has 0 unspecified atom stereocenters. The van der Waals surface area contributed by atoms with Gasteiger partial charge in [0.15, 0.2) is 0 Å². The minimum atomic E-state index is -3.91. The quantitative estimate of drug-likeness (QED) is 0.703. The fourth-order valence-electron chi connectivity index (χ4n) is 0.688. The molecule has 1 heterocycles. The zero-order chi connectivity index (χ0) is 9.35. The lowest BCUT2D eigenvalue weighted by molar-refractivity contribution is -0.166. The van der Waals surface area contributed by atoms with Gasteiger partial charge in [0.1, 0.15) is 5.69 Å². The van der Waals surface area contributed by atoms with E-state index < -0.39 is 17.6 Å². The van der Waals surface area contributed by atoms with Crippen LogP contribution in [0.5, 0.6) is 0 Å². The Kier molecular flexibility index (Phi) is 1.83. The summed E-state index contributed by atoms with van der Waals surface area (Å²) >= 11 is 0. The second-order valence-electron chi connectivity index (χ2n) is 2.32. The number of nitrogens with one attached hydrogen (secondary N) is 1. The van der Waals surface area contributed by atoms with Crippen LogP contribution < -0.4 is 0 Å². The number of carbonyl (C=O) groups is 1. The third kappa shape index (κ3) is 1.27. The van der Waals surface area contributed by atoms with Crippen LogP contribution in [0.2, 0.25) is 0 Å². The number of nitrogens with zero attached hydrogens (tertiary/aromatic N) is 1. The van der Waals surface area contributed by atoms with Gasteiger partial charge in [-0.05, 0) is 13.0 Å². The van der Waals surface area contributed by atoms with Crippen molar-refractivity contribution in [3.8, 4) is 0 Å². The molecule has 0 aliphatic heterocycles. The average molecular weight is 176 g/mol. The van der Waals surface area contributed by atoms with E-state index in [4.69, 9.17) is 5.11 Å². The molecule has 0 saturated heterocycles. The highest BCUT2D eigenvalue weighted by molar-refractivity contribution is 5.76. The maximum atomic E-state index is 12.6. The van der Waals surface area contributed by atoms with E-state index in [1.807, 2.05) is 0 Å². The van der Waals surface area contributed by atoms with Crippen molar-refractivity contribution in [2.45, 2.75) is 12.8 Å². The second kappa shape index (κ2) is 2.54. The minimum absolute atomic E-state index is 0.394. The molecule has 1 aromatic heterocycles. The third-order valence-electron chi connectivity index (χ3n) is 1.30. The predicted octanol–water partition coefficient (Wildman–Crippen LogP) is 0.895. The highest BCUT2D eigenvalue weighted by atomic mass is 19.3. The van der Waals surface area contributed by atoms with E-state index in [9.17, 15) is 13.6 Å². The summed E-state index contributed by atoms with van der Waals surface area (Å²) in [6.45, 7) is 1.51. The van der Waals surface area contributed by atoms with E-state index in [2.05, 4.69) is 10.2 Å². The fourth-order valence-corrected chi connectivity index (χ4v) is 0.688. The summed E-state index contributed by atoms with van der Waals surface area (Å²) in [7, 11) is 0. The van der Waals surface area contributed by atoms with Crippen LogP contribution in [0.1, 0.15) is 11.4 Å². The Morgan fingerprint density at radius 1 is 1.75 bits per heavy atom. The standard InChI is InChI=1S/C6H6F2N2O2/c1-3-2-4(10-9-3)6(7,8)5(11)12/h2H,1H3,(H,9,10)(H,11,12). The summed E-state index contributed by atoms with van der Waals surface area (Å²) in [5.74, 6) is -6.11. The van der Waals surface area contributed by atoms with Gasteiger partial charge in [-0.3, -0.25) is 5.10 Å². The van der Waals surface area contributed by atoms with Crippen molar-refractivity contribution in [1.29, 1.82) is 0 Å². The van der Waals surface area contributed by atoms with Gasteiger partial charge in [0.05, 0.1) is 0 Å². The van der Waals surface area contributed by atoms with Crippen LogP contribution in [0.4, 0.5) is 8.78 Å². The summed E-state index contributed by atoms with van der Waals surface area (Å²) in [4.78, 5) is 10.0. The maximum Gasteiger partial charge on any atom is 0.385 e. The highest BCUT2D eigenvalue weighted by Gasteiger charge is 2.43. The van der Waals surface area contributed by atoms with Gasteiger partial charge in [0.2, 0.25) is 0 Å². The molecule has 0 aliphatic carbocycles. The lowest BCUT2D eigenvalue weighted by atomic mass is 10.2. The van der Waals surface area contributed by atoms with Gasteiger partial charge in [-0.15, -0.1) is 0 Å². The number of halogens is 2. The number of alkyl halides is 2. The average Bonchev–Trinajstić information content (AvgIpc) is 2.35. The highest BCUT2D eigenvalue weighted by Crippen LogP contribution is 2.26. The third-order valence-corrected chi connectivity index (χ3v) is 1.30. The van der Waals surface area contributed by atoms with Crippen molar-refractivity contribution in [2.75, 3.05) is 0 Å². The zero-order valence-electron chi connectivity index (χ0n) is 6.14. The molecule has 0 radical (unpaired) electrons. The van der Waals surface area contributed by atoms with Gasteiger partial charge < -0.3 is 5.11 Å². The minimum Gasteiger partial charge on any atom is -0.476 e. The Bertz CT molecular complexity index is 308. The molecule has 0 aromatic carbocycles. The molecule has 0 aliphatic rings. The number of hydrogen-bond acceptors (Lipinski definition) is 2. The first-order valence-electron chi connectivity index (χ1n) is 3.08. The number of hydrogen-bond donors (Lipinski definition) is 2. The molecule has 66 valence electrons. The topological polar surface area (TPSA) is 66.0 Å². The summed E-state index contributed by atoms with van der Waals surface area (Å²) in [5.41, 5.74) is -0.376. The van der Waals surface area contributed by atoms with Crippen LogP contribution in [0, 0.1) is 6.92 Å². The Labute approximate surface area is 66.2 Å². The number of H-pyrrole nitrogens is 1. The van der Waals surface area contributed by atoms with E-state index in [-0.39, 0.29) is 0 Å². The molecular formula is C6H6F2N2O2. The number of rotatable bonds is 2. The van der Waals surface area contributed by atoms with Gasteiger partial charge in [-0.2, -0.15) is 13.9 Å². The van der Waals surface area contributed by atoms with Gasteiger partial charge in [0, 0.05) is 5.69 Å². The molecule has 0 atom stereocenters. The summed E-state index contributed by atoms with van der Waals surface area (Å²) in [6, 6.07) is 0.994. The monoisotopic (exact) mass is 176 g/mol. The zero-order valence-corrected chi connectivity index (χ0v) is 6.14. The molecular weight excluding hydrogens is 170 g/mol. The second-order valence-corrected chi connectivity index (χ2v) is 2.32. The van der Waals surface area contributed by atoms with Gasteiger partial charge in [0.25, 0.3) is 0 Å². The van der Waals surface area contributed by atoms with Gasteiger partial charge >= 0.3 is 11.9 Å². The van der Waals surface area contributed by atoms with Crippen LogP contribution in [0.3, 0.4) is 0 Å². The van der Waals surface area contributed by atoms with Gasteiger partial charge in [-0.25, -0.2) is 4.79 Å². The van der Waals surface area contributed by atoms with E-state index in [1.165, 1.54) is 6.92 Å². The summed E-state index contributed by atoms with van der Waals surface area (Å²) in [5, 5.41) is 13.5. The molecule has 1 rings (SSSR count). The maximum absolute atomic E-state index is 12.6. The van der Waals surface area contributed by atoms with Crippen molar-refractivity contribution >= 4 is 5.97 Å². The van der Waals surface area contributed by atoms with Crippen LogP contribution in [0.15, 0.2) is 6.07 Å². The fraction of sp³-hybridized carbons (Fsp3) is 0.333. The molecule has 0 spiro atoms. The number of aromatic nitrogens is 2. The van der Waals surface area contributed by atoms with E-state index >= 15 is 0 Å². The first-order chi connectivity index (χ1) is 5.44. The van der Waals surface area contributed by atoms with Crippen molar-refractivity contribution in [3.63, 3.8) is 0 Å². The van der Waals surface area contributed by atoms with Crippen molar-refractivity contribution in [3.05, 3.63) is 17.5 Å². The Morgan fingerprint density at radius 2 is 2.33 bits per heavy atom. The van der Waals surface area contributed by atoms with E-state index in [1.54, 1.807) is 0 Å². The van der Waals surface area contributed by atoms with Crippen LogP contribution in [0.25, 0.3) is 0 Å². The number of aromatic amines is 1. The van der Waals surface area contributed by atoms with E-state index in [0.717, 1.165) is 6.07 Å². The van der Waals surface area contributed by atoms with Crippen molar-refractivity contribution in [2.24, 2.45) is 0 Å². The van der Waals surface area contributed by atoms with Gasteiger partial charge in [-0.1, -0.05) is 0 Å². The van der Waals surface area contributed by atoms with Crippen molar-refractivity contribution in [1.82, 2.24) is 10.2 Å². The number of aliphatic carboxylic acids is 1. The van der Waals surface area contributed by atoms with Crippen LogP contribution in [-0.2, 0) is 10.7 Å². The molecule has 2 N–H and O–H groups in total. The van der Waals surface area contributed by atoms with Crippen molar-refractivity contribution < 1.29 is 18.7 Å². The summed E-state index contributed by atoms with van der Waals surface area (Å²) < 4.78 is 25.2. The molecule has 0 saturated carbocycles. The molecule has 12 heavy (non-hydrogen) atoms. The molecule has 1 aromatic rings. The lowest BCUT2D eigenvalue weighted by Gasteiger charge is -2.05. The lowest BCUT2D eigenvalue weighted by Crippen LogP contribution is -2.25. The first-order valence-corrected chi connectivity index (χ1v) is 3.08. The first kappa shape index (κ1) is 8.63. The number of carboxylic acids is 1. The Balaban J connectivity index is 3.05. The molecule has 0 fully saturated rings. The number of carboxylic acid groups (broad SMARTS) is 1. The smallest absolute Gasteiger partial charge is 0.385 e. The number of aryl methyl sites for hydroxylation is 1. The molecule has 0 bridgehead atoms. The molecule has 4 nitrogen and oxygen atoms in total. The normalized spacial score (nSPS) is 11.6. The van der Waals surface area contributed by atoms with Crippen LogP contribution in [-0.4, -0.2) is 21.3 Å².